The fraction of sp³-hybridized carbons (Fsp3) is 0.267. The van der Waals surface area contributed by atoms with Gasteiger partial charge in [-0.05, 0) is 49.7 Å². The summed E-state index contributed by atoms with van der Waals surface area (Å²) in [6, 6.07) is 8.71. The van der Waals surface area contributed by atoms with Crippen molar-refractivity contribution in [3.8, 4) is 0 Å². The van der Waals surface area contributed by atoms with E-state index in [1.54, 1.807) is 19.3 Å². The summed E-state index contributed by atoms with van der Waals surface area (Å²) in [7, 11) is 1.79. The van der Waals surface area contributed by atoms with Crippen LogP contribution in [0.5, 0.6) is 0 Å². The van der Waals surface area contributed by atoms with Crippen molar-refractivity contribution in [2.75, 3.05) is 7.05 Å². The average molecular weight is 279 g/mol. The predicted octanol–water partition coefficient (Wildman–Crippen LogP) is 3.69. The highest BCUT2D eigenvalue weighted by molar-refractivity contribution is 6.31. The van der Waals surface area contributed by atoms with Crippen molar-refractivity contribution in [2.45, 2.75) is 19.4 Å². The Morgan fingerprint density at radius 1 is 1.37 bits per heavy atom. The van der Waals surface area contributed by atoms with Gasteiger partial charge in [-0.3, -0.25) is 4.98 Å². The second-order valence-corrected chi connectivity index (χ2v) is 4.92. The van der Waals surface area contributed by atoms with E-state index in [0.717, 1.165) is 11.1 Å². The van der Waals surface area contributed by atoms with E-state index in [9.17, 15) is 4.39 Å². The fourth-order valence-electron chi connectivity index (χ4n) is 2.03. The van der Waals surface area contributed by atoms with Crippen molar-refractivity contribution in [3.63, 3.8) is 0 Å². The Morgan fingerprint density at radius 3 is 2.79 bits per heavy atom. The Kier molecular flexibility index (Phi) is 4.51. The summed E-state index contributed by atoms with van der Waals surface area (Å²) < 4.78 is 13.8. The molecule has 1 aromatic carbocycles. The topological polar surface area (TPSA) is 24.9 Å². The summed E-state index contributed by atoms with van der Waals surface area (Å²) in [6.45, 7) is 1.99. The summed E-state index contributed by atoms with van der Waals surface area (Å²) in [5, 5.41) is 3.79. The largest absolute Gasteiger partial charge is 0.311 e. The standard InChI is InChI=1S/C15H16ClFN2/c1-10-5-6-11(12(16)8-10)9-14(18-2)15-13(17)4-3-7-19-15/h3-8,14,18H,9H2,1-2H3. The Bertz CT molecular complexity index is 572. The SMILES string of the molecule is CNC(Cc1ccc(C)cc1Cl)c1ncccc1F. The first-order valence-corrected chi connectivity index (χ1v) is 6.52. The number of hydrogen-bond donors (Lipinski definition) is 1. The quantitative estimate of drug-likeness (QED) is 0.923. The molecule has 0 saturated heterocycles. The molecule has 0 fully saturated rings. The van der Waals surface area contributed by atoms with E-state index < -0.39 is 0 Å². The summed E-state index contributed by atoms with van der Waals surface area (Å²) in [6.07, 6.45) is 2.20. The number of hydrogen-bond acceptors (Lipinski definition) is 2. The molecule has 1 atom stereocenters. The molecular formula is C15H16ClFN2. The molecule has 0 spiro atoms. The Labute approximate surface area is 117 Å². The summed E-state index contributed by atoms with van der Waals surface area (Å²) in [4.78, 5) is 4.11. The lowest BCUT2D eigenvalue weighted by Crippen LogP contribution is -2.21. The molecule has 0 bridgehead atoms. The third-order valence-corrected chi connectivity index (χ3v) is 3.45. The molecule has 100 valence electrons. The maximum atomic E-state index is 13.8. The van der Waals surface area contributed by atoms with Crippen molar-refractivity contribution in [1.82, 2.24) is 10.3 Å². The number of nitrogens with one attached hydrogen (secondary N) is 1. The lowest BCUT2D eigenvalue weighted by atomic mass is 10.0. The van der Waals surface area contributed by atoms with E-state index in [1.807, 2.05) is 25.1 Å². The number of benzene rings is 1. The Morgan fingerprint density at radius 2 is 2.16 bits per heavy atom. The molecule has 0 aliphatic heterocycles. The highest BCUT2D eigenvalue weighted by Gasteiger charge is 2.17. The number of nitrogens with zero attached hydrogens (tertiary/aromatic N) is 1. The van der Waals surface area contributed by atoms with Gasteiger partial charge in [0.1, 0.15) is 5.82 Å². The number of halogens is 2. The molecule has 0 saturated carbocycles. The fourth-order valence-corrected chi connectivity index (χ4v) is 2.34. The molecule has 1 N–H and O–H groups in total. The van der Waals surface area contributed by atoms with Gasteiger partial charge in [-0.2, -0.15) is 0 Å². The van der Waals surface area contributed by atoms with Gasteiger partial charge < -0.3 is 5.32 Å². The van der Waals surface area contributed by atoms with Crippen LogP contribution in [0.15, 0.2) is 36.5 Å². The van der Waals surface area contributed by atoms with E-state index in [1.165, 1.54) is 6.07 Å². The van der Waals surface area contributed by atoms with Gasteiger partial charge in [0.05, 0.1) is 11.7 Å². The molecule has 0 amide bonds. The monoisotopic (exact) mass is 278 g/mol. The molecule has 2 rings (SSSR count). The summed E-state index contributed by atoms with van der Waals surface area (Å²) >= 11 is 6.22. The second-order valence-electron chi connectivity index (χ2n) is 4.51. The first-order valence-electron chi connectivity index (χ1n) is 6.14. The average Bonchev–Trinajstić information content (AvgIpc) is 2.39. The molecule has 1 heterocycles. The zero-order valence-corrected chi connectivity index (χ0v) is 11.7. The van der Waals surface area contributed by atoms with Crippen molar-refractivity contribution in [2.24, 2.45) is 0 Å². The molecule has 0 aliphatic carbocycles. The maximum Gasteiger partial charge on any atom is 0.146 e. The highest BCUT2D eigenvalue weighted by atomic mass is 35.5. The molecule has 4 heteroatoms. The summed E-state index contributed by atoms with van der Waals surface area (Å²) in [5.74, 6) is -0.301. The maximum absolute atomic E-state index is 13.8. The van der Waals surface area contributed by atoms with Gasteiger partial charge in [0.25, 0.3) is 0 Å². The molecule has 1 unspecified atom stereocenters. The van der Waals surface area contributed by atoms with Gasteiger partial charge in [0.15, 0.2) is 0 Å². The van der Waals surface area contributed by atoms with Gasteiger partial charge in [-0.1, -0.05) is 23.7 Å². The Hall–Kier alpha value is -1.45. The van der Waals surface area contributed by atoms with Crippen LogP contribution >= 0.6 is 11.6 Å². The molecule has 2 aromatic rings. The van der Waals surface area contributed by atoms with Crippen molar-refractivity contribution in [3.05, 3.63) is 64.2 Å². The smallest absolute Gasteiger partial charge is 0.146 e. The lowest BCUT2D eigenvalue weighted by molar-refractivity contribution is 0.517. The lowest BCUT2D eigenvalue weighted by Gasteiger charge is -2.17. The third kappa shape index (κ3) is 3.31. The van der Waals surface area contributed by atoms with Crippen LogP contribution < -0.4 is 5.32 Å². The molecule has 1 aromatic heterocycles. The normalized spacial score (nSPS) is 12.4. The van der Waals surface area contributed by atoms with E-state index in [-0.39, 0.29) is 11.9 Å². The zero-order valence-electron chi connectivity index (χ0n) is 11.0. The number of pyridine rings is 1. The number of aromatic nitrogens is 1. The minimum Gasteiger partial charge on any atom is -0.311 e. The van der Waals surface area contributed by atoms with E-state index in [2.05, 4.69) is 10.3 Å². The zero-order chi connectivity index (χ0) is 13.8. The van der Waals surface area contributed by atoms with E-state index in [0.29, 0.717) is 17.1 Å². The molecule has 0 aliphatic rings. The summed E-state index contributed by atoms with van der Waals surface area (Å²) in [5.41, 5.74) is 2.51. The molecular weight excluding hydrogens is 263 g/mol. The van der Waals surface area contributed by atoms with Crippen LogP contribution in [0, 0.1) is 12.7 Å². The minimum absolute atomic E-state index is 0.193. The van der Waals surface area contributed by atoms with Crippen molar-refractivity contribution >= 4 is 11.6 Å². The number of rotatable bonds is 4. The third-order valence-electron chi connectivity index (χ3n) is 3.10. The van der Waals surface area contributed by atoms with Crippen LogP contribution in [-0.4, -0.2) is 12.0 Å². The van der Waals surface area contributed by atoms with Crippen LogP contribution in [0.25, 0.3) is 0 Å². The Balaban J connectivity index is 2.27. The second kappa shape index (κ2) is 6.13. The van der Waals surface area contributed by atoms with Gasteiger partial charge in [-0.15, -0.1) is 0 Å². The molecule has 2 nitrogen and oxygen atoms in total. The van der Waals surface area contributed by atoms with E-state index >= 15 is 0 Å². The molecule has 0 radical (unpaired) electrons. The van der Waals surface area contributed by atoms with Gasteiger partial charge in [0.2, 0.25) is 0 Å². The van der Waals surface area contributed by atoms with Gasteiger partial charge in [0, 0.05) is 11.2 Å². The molecule has 19 heavy (non-hydrogen) atoms. The number of aryl methyl sites for hydroxylation is 1. The van der Waals surface area contributed by atoms with Crippen LogP contribution in [0.2, 0.25) is 5.02 Å². The first-order chi connectivity index (χ1) is 9.11. The number of likely N-dealkylation sites (N-methyl/N-ethyl adjacent to an activating group) is 1. The van der Waals surface area contributed by atoms with Crippen molar-refractivity contribution in [1.29, 1.82) is 0 Å². The van der Waals surface area contributed by atoms with Gasteiger partial charge >= 0.3 is 0 Å². The predicted molar refractivity (Wildman–Crippen MR) is 75.9 cm³/mol. The first kappa shape index (κ1) is 14.0. The van der Waals surface area contributed by atoms with Crippen LogP contribution in [0.1, 0.15) is 22.9 Å². The van der Waals surface area contributed by atoms with Crippen LogP contribution in [-0.2, 0) is 6.42 Å². The highest BCUT2D eigenvalue weighted by Crippen LogP contribution is 2.24. The van der Waals surface area contributed by atoms with Crippen LogP contribution in [0.3, 0.4) is 0 Å². The van der Waals surface area contributed by atoms with E-state index in [4.69, 9.17) is 11.6 Å². The van der Waals surface area contributed by atoms with Crippen LogP contribution in [0.4, 0.5) is 4.39 Å². The van der Waals surface area contributed by atoms with Crippen molar-refractivity contribution < 1.29 is 4.39 Å². The minimum atomic E-state index is -0.301. The van der Waals surface area contributed by atoms with Gasteiger partial charge in [-0.25, -0.2) is 4.39 Å².